The highest BCUT2D eigenvalue weighted by Gasteiger charge is 2.15. The molecule has 150 valence electrons. The lowest BCUT2D eigenvalue weighted by Crippen LogP contribution is -2.12. The summed E-state index contributed by atoms with van der Waals surface area (Å²) in [6.45, 7) is 0.486. The highest BCUT2D eigenvalue weighted by molar-refractivity contribution is 5.87. The molecule has 0 spiro atoms. The van der Waals surface area contributed by atoms with Crippen molar-refractivity contribution in [1.82, 2.24) is 9.55 Å². The van der Waals surface area contributed by atoms with Crippen LogP contribution in [-0.2, 0) is 17.9 Å². The van der Waals surface area contributed by atoms with Crippen molar-refractivity contribution in [3.8, 4) is 11.5 Å². The van der Waals surface area contributed by atoms with Gasteiger partial charge in [0.2, 0.25) is 5.89 Å². The van der Waals surface area contributed by atoms with Gasteiger partial charge in [-0.15, -0.1) is 0 Å². The Morgan fingerprint density at radius 1 is 1.07 bits per heavy atom. The van der Waals surface area contributed by atoms with Crippen molar-refractivity contribution in [3.05, 3.63) is 106 Å². The van der Waals surface area contributed by atoms with Gasteiger partial charge in [0.25, 0.3) is 5.69 Å². The second kappa shape index (κ2) is 8.44. The van der Waals surface area contributed by atoms with Crippen LogP contribution >= 0.6 is 0 Å². The van der Waals surface area contributed by atoms with Crippen LogP contribution in [0, 0.1) is 10.1 Å². The molecule has 8 nitrogen and oxygen atoms in total. The number of carbonyl (C=O) groups excluding carboxylic acids is 1. The molecular formula is C22H17N3O5. The average molecular weight is 403 g/mol. The number of hydrogen-bond donors (Lipinski definition) is 0. The van der Waals surface area contributed by atoms with Gasteiger partial charge in [0, 0.05) is 30.4 Å². The van der Waals surface area contributed by atoms with Crippen molar-refractivity contribution in [1.29, 1.82) is 0 Å². The Bertz CT molecular complexity index is 1160. The van der Waals surface area contributed by atoms with Gasteiger partial charge < -0.3 is 13.7 Å². The van der Waals surface area contributed by atoms with E-state index in [0.29, 0.717) is 29.5 Å². The summed E-state index contributed by atoms with van der Waals surface area (Å²) in [7, 11) is 0. The van der Waals surface area contributed by atoms with Crippen molar-refractivity contribution < 1.29 is 18.9 Å². The van der Waals surface area contributed by atoms with Gasteiger partial charge in [0.1, 0.15) is 5.69 Å². The molecular weight excluding hydrogens is 386 g/mol. The molecule has 0 saturated carbocycles. The number of nitrogens with zero attached hydrogens (tertiary/aromatic N) is 3. The molecule has 4 rings (SSSR count). The lowest BCUT2D eigenvalue weighted by atomic mass is 10.2. The SMILES string of the molecule is O=C(OCc1cnc(-c2ccc([N+](=O)[O-])cc2)o1)c1cccn1Cc1ccccc1. The number of hydrogen-bond acceptors (Lipinski definition) is 6. The predicted octanol–water partition coefficient (Wildman–Crippen LogP) is 4.46. The van der Waals surface area contributed by atoms with Crippen LogP contribution in [0.25, 0.3) is 11.5 Å². The Morgan fingerprint density at radius 3 is 2.57 bits per heavy atom. The molecule has 0 N–H and O–H groups in total. The zero-order valence-corrected chi connectivity index (χ0v) is 15.8. The Labute approximate surface area is 171 Å². The summed E-state index contributed by atoms with van der Waals surface area (Å²) >= 11 is 0. The van der Waals surface area contributed by atoms with Gasteiger partial charge in [-0.05, 0) is 29.8 Å². The van der Waals surface area contributed by atoms with E-state index in [9.17, 15) is 14.9 Å². The summed E-state index contributed by atoms with van der Waals surface area (Å²) in [6, 6.07) is 19.2. The van der Waals surface area contributed by atoms with Crippen LogP contribution in [0.3, 0.4) is 0 Å². The lowest BCUT2D eigenvalue weighted by Gasteiger charge is -2.09. The van der Waals surface area contributed by atoms with Crippen molar-refractivity contribution >= 4 is 11.7 Å². The van der Waals surface area contributed by atoms with E-state index >= 15 is 0 Å². The fourth-order valence-corrected chi connectivity index (χ4v) is 2.96. The van der Waals surface area contributed by atoms with E-state index in [4.69, 9.17) is 9.15 Å². The van der Waals surface area contributed by atoms with Crippen LogP contribution in [0.1, 0.15) is 21.8 Å². The van der Waals surface area contributed by atoms with Crippen LogP contribution < -0.4 is 0 Å². The lowest BCUT2D eigenvalue weighted by molar-refractivity contribution is -0.384. The number of carbonyl (C=O) groups is 1. The number of nitro benzene ring substituents is 1. The smallest absolute Gasteiger partial charge is 0.355 e. The van der Waals surface area contributed by atoms with Gasteiger partial charge in [-0.3, -0.25) is 10.1 Å². The first-order valence-electron chi connectivity index (χ1n) is 9.16. The molecule has 2 aromatic heterocycles. The molecule has 0 atom stereocenters. The number of benzene rings is 2. The van der Waals surface area contributed by atoms with Gasteiger partial charge in [0.05, 0.1) is 11.1 Å². The molecule has 0 aliphatic carbocycles. The van der Waals surface area contributed by atoms with E-state index in [0.717, 1.165) is 5.56 Å². The van der Waals surface area contributed by atoms with Gasteiger partial charge in [-0.2, -0.15) is 0 Å². The molecule has 0 bridgehead atoms. The van der Waals surface area contributed by atoms with Crippen LogP contribution in [0.2, 0.25) is 0 Å². The van der Waals surface area contributed by atoms with Crippen molar-refractivity contribution in [3.63, 3.8) is 0 Å². The zero-order chi connectivity index (χ0) is 20.9. The van der Waals surface area contributed by atoms with Gasteiger partial charge in [-0.1, -0.05) is 30.3 Å². The molecule has 0 unspecified atom stereocenters. The molecule has 0 saturated heterocycles. The molecule has 8 heteroatoms. The largest absolute Gasteiger partial charge is 0.453 e. The quantitative estimate of drug-likeness (QED) is 0.257. The maximum Gasteiger partial charge on any atom is 0.355 e. The maximum absolute atomic E-state index is 12.5. The average Bonchev–Trinajstić information content (AvgIpc) is 3.42. The van der Waals surface area contributed by atoms with E-state index in [-0.39, 0.29) is 12.3 Å². The first-order chi connectivity index (χ1) is 14.6. The van der Waals surface area contributed by atoms with Crippen molar-refractivity contribution in [2.45, 2.75) is 13.2 Å². The number of esters is 1. The second-order valence-corrected chi connectivity index (χ2v) is 6.52. The normalized spacial score (nSPS) is 10.7. The number of aromatic nitrogens is 2. The summed E-state index contributed by atoms with van der Waals surface area (Å²) in [5.41, 5.74) is 2.09. The highest BCUT2D eigenvalue weighted by atomic mass is 16.6. The number of non-ortho nitro benzene ring substituents is 1. The molecule has 0 aliphatic heterocycles. The van der Waals surface area contributed by atoms with Crippen LogP contribution in [0.4, 0.5) is 5.69 Å². The third-order valence-electron chi connectivity index (χ3n) is 4.46. The predicted molar refractivity (Wildman–Crippen MR) is 108 cm³/mol. The second-order valence-electron chi connectivity index (χ2n) is 6.52. The third kappa shape index (κ3) is 4.27. The highest BCUT2D eigenvalue weighted by Crippen LogP contribution is 2.22. The minimum absolute atomic E-state index is 0.0158. The monoisotopic (exact) mass is 403 g/mol. The molecule has 0 radical (unpaired) electrons. The fraction of sp³-hybridized carbons (Fsp3) is 0.0909. The van der Waals surface area contributed by atoms with Crippen LogP contribution in [0.5, 0.6) is 0 Å². The molecule has 2 aromatic carbocycles. The van der Waals surface area contributed by atoms with Crippen LogP contribution in [-0.4, -0.2) is 20.4 Å². The van der Waals surface area contributed by atoms with E-state index in [2.05, 4.69) is 4.98 Å². The molecule has 2 heterocycles. The summed E-state index contributed by atoms with van der Waals surface area (Å²) in [5.74, 6) is 0.200. The van der Waals surface area contributed by atoms with E-state index in [1.807, 2.05) is 41.1 Å². The van der Waals surface area contributed by atoms with Gasteiger partial charge in [0.15, 0.2) is 12.4 Å². The summed E-state index contributed by atoms with van der Waals surface area (Å²) in [4.78, 5) is 26.9. The minimum atomic E-state index is -0.474. The fourth-order valence-electron chi connectivity index (χ4n) is 2.96. The van der Waals surface area contributed by atoms with Crippen molar-refractivity contribution in [2.75, 3.05) is 0 Å². The first kappa shape index (κ1) is 19.1. The zero-order valence-electron chi connectivity index (χ0n) is 15.8. The third-order valence-corrected chi connectivity index (χ3v) is 4.46. The van der Waals surface area contributed by atoms with E-state index in [1.54, 1.807) is 24.3 Å². The van der Waals surface area contributed by atoms with E-state index in [1.165, 1.54) is 18.3 Å². The van der Waals surface area contributed by atoms with Gasteiger partial charge in [-0.25, -0.2) is 9.78 Å². The number of ether oxygens (including phenoxy) is 1. The molecule has 30 heavy (non-hydrogen) atoms. The molecule has 0 aliphatic rings. The Kier molecular flexibility index (Phi) is 5.38. The first-order valence-corrected chi connectivity index (χ1v) is 9.16. The standard InChI is InChI=1S/C22H17N3O5/c26-22(20-7-4-12-24(20)14-16-5-2-1-3-6-16)29-15-19-13-23-21(30-19)17-8-10-18(11-9-17)25(27)28/h1-13H,14-15H2. The minimum Gasteiger partial charge on any atom is -0.453 e. The summed E-state index contributed by atoms with van der Waals surface area (Å²) in [6.07, 6.45) is 3.29. The molecule has 4 aromatic rings. The Hall–Kier alpha value is -4.20. The number of nitro groups is 1. The molecule has 0 amide bonds. The summed E-state index contributed by atoms with van der Waals surface area (Å²) < 4.78 is 12.8. The topological polar surface area (TPSA) is 100 Å². The Balaban J connectivity index is 1.39. The number of oxazole rings is 1. The number of rotatable bonds is 7. The van der Waals surface area contributed by atoms with E-state index < -0.39 is 10.9 Å². The van der Waals surface area contributed by atoms with Crippen LogP contribution in [0.15, 0.2) is 83.5 Å². The maximum atomic E-state index is 12.5. The van der Waals surface area contributed by atoms with Gasteiger partial charge >= 0.3 is 5.97 Å². The summed E-state index contributed by atoms with van der Waals surface area (Å²) in [5, 5.41) is 10.7. The van der Waals surface area contributed by atoms with Crippen molar-refractivity contribution in [2.24, 2.45) is 0 Å². The molecule has 0 fully saturated rings. The Morgan fingerprint density at radius 2 is 1.83 bits per heavy atom.